The molecule has 0 unspecified atom stereocenters. The molecule has 0 aromatic carbocycles. The van der Waals surface area contributed by atoms with Crippen LogP contribution in [0.2, 0.25) is 0 Å². The summed E-state index contributed by atoms with van der Waals surface area (Å²) >= 11 is 0. The molecule has 3 heterocycles. The number of hydrogen-bond acceptors (Lipinski definition) is 6. The molecule has 8 heteroatoms. The quantitative estimate of drug-likeness (QED) is 0.925. The van der Waals surface area contributed by atoms with Gasteiger partial charge in [0.25, 0.3) is 5.91 Å². The summed E-state index contributed by atoms with van der Waals surface area (Å²) in [5.41, 5.74) is 1.14. The lowest BCUT2D eigenvalue weighted by atomic mass is 10.1. The fourth-order valence-electron chi connectivity index (χ4n) is 2.64. The average molecular weight is 319 g/mol. The van der Waals surface area contributed by atoms with Crippen molar-refractivity contribution in [2.45, 2.75) is 39.7 Å². The zero-order valence-electron chi connectivity index (χ0n) is 13.8. The Morgan fingerprint density at radius 3 is 2.78 bits per heavy atom. The molecule has 0 saturated carbocycles. The Kier molecular flexibility index (Phi) is 4.16. The largest absolute Gasteiger partial charge is 0.367 e. The first-order valence-electron chi connectivity index (χ1n) is 7.73. The van der Waals surface area contributed by atoms with E-state index >= 15 is 0 Å². The summed E-state index contributed by atoms with van der Waals surface area (Å²) in [6, 6.07) is 0. The third-order valence-corrected chi connectivity index (χ3v) is 3.94. The standard InChI is InChI=1S/C15H21N5O3/c1-8(2)13-16-14(18-17-13)11-7-20(5-6-22-11)15(21)12-9(3)19-23-10(12)4/h8,11H,5-7H2,1-4H3,(H,16,17,18)/t11-/m1/s1. The van der Waals surface area contributed by atoms with Crippen LogP contribution in [-0.4, -0.2) is 50.8 Å². The normalized spacial score (nSPS) is 18.7. The van der Waals surface area contributed by atoms with Crippen molar-refractivity contribution in [3.05, 3.63) is 28.7 Å². The van der Waals surface area contributed by atoms with Crippen molar-refractivity contribution in [2.75, 3.05) is 19.7 Å². The molecule has 8 nitrogen and oxygen atoms in total. The smallest absolute Gasteiger partial charge is 0.259 e. The summed E-state index contributed by atoms with van der Waals surface area (Å²) in [4.78, 5) is 18.9. The van der Waals surface area contributed by atoms with Crippen LogP contribution in [0.25, 0.3) is 0 Å². The second-order valence-electron chi connectivity index (χ2n) is 6.04. The summed E-state index contributed by atoms with van der Waals surface area (Å²) in [6.07, 6.45) is -0.298. The summed E-state index contributed by atoms with van der Waals surface area (Å²) in [7, 11) is 0. The first-order chi connectivity index (χ1) is 11.0. The number of carbonyl (C=O) groups is 1. The average Bonchev–Trinajstić information content (AvgIpc) is 3.14. The molecule has 0 spiro atoms. The fraction of sp³-hybridized carbons (Fsp3) is 0.600. The zero-order valence-corrected chi connectivity index (χ0v) is 13.8. The number of carbonyl (C=O) groups excluding carboxylic acids is 1. The van der Waals surface area contributed by atoms with Gasteiger partial charge < -0.3 is 14.2 Å². The lowest BCUT2D eigenvalue weighted by molar-refractivity contribution is -0.0267. The number of aromatic nitrogens is 4. The molecular weight excluding hydrogens is 298 g/mol. The molecule has 124 valence electrons. The minimum Gasteiger partial charge on any atom is -0.367 e. The molecule has 0 radical (unpaired) electrons. The van der Waals surface area contributed by atoms with Crippen LogP contribution in [-0.2, 0) is 4.74 Å². The van der Waals surface area contributed by atoms with Crippen molar-refractivity contribution in [2.24, 2.45) is 0 Å². The van der Waals surface area contributed by atoms with Crippen molar-refractivity contribution in [1.29, 1.82) is 0 Å². The number of rotatable bonds is 3. The molecule has 3 rings (SSSR count). The van der Waals surface area contributed by atoms with Crippen LogP contribution in [0.3, 0.4) is 0 Å². The van der Waals surface area contributed by atoms with Crippen LogP contribution in [0.15, 0.2) is 4.52 Å². The highest BCUT2D eigenvalue weighted by molar-refractivity contribution is 5.96. The second kappa shape index (κ2) is 6.11. The maximum atomic E-state index is 12.7. The van der Waals surface area contributed by atoms with Gasteiger partial charge in [-0.15, -0.1) is 0 Å². The predicted octanol–water partition coefficient (Wildman–Crippen LogP) is 1.75. The summed E-state index contributed by atoms with van der Waals surface area (Å²) < 4.78 is 10.8. The van der Waals surface area contributed by atoms with Gasteiger partial charge in [0.05, 0.1) is 18.8 Å². The Hall–Kier alpha value is -2.22. The third-order valence-electron chi connectivity index (χ3n) is 3.94. The molecule has 1 aliphatic rings. The highest BCUT2D eigenvalue weighted by atomic mass is 16.5. The number of aromatic amines is 1. The number of nitrogens with zero attached hydrogens (tertiary/aromatic N) is 4. The van der Waals surface area contributed by atoms with Gasteiger partial charge in [-0.05, 0) is 13.8 Å². The first kappa shape index (κ1) is 15.7. The highest BCUT2D eigenvalue weighted by Crippen LogP contribution is 2.23. The molecular formula is C15H21N5O3. The highest BCUT2D eigenvalue weighted by Gasteiger charge is 2.31. The minimum absolute atomic E-state index is 0.0850. The van der Waals surface area contributed by atoms with Crippen molar-refractivity contribution in [3.63, 3.8) is 0 Å². The Morgan fingerprint density at radius 2 is 2.17 bits per heavy atom. The Balaban J connectivity index is 1.76. The minimum atomic E-state index is -0.298. The molecule has 1 amide bonds. The van der Waals surface area contributed by atoms with Gasteiger partial charge in [0.15, 0.2) is 11.6 Å². The maximum Gasteiger partial charge on any atom is 0.259 e. The van der Waals surface area contributed by atoms with Gasteiger partial charge >= 0.3 is 0 Å². The van der Waals surface area contributed by atoms with Gasteiger partial charge in [-0.1, -0.05) is 19.0 Å². The van der Waals surface area contributed by atoms with E-state index in [0.29, 0.717) is 42.5 Å². The molecule has 0 aliphatic carbocycles. The first-order valence-corrected chi connectivity index (χ1v) is 7.73. The Morgan fingerprint density at radius 1 is 1.39 bits per heavy atom. The van der Waals surface area contributed by atoms with Gasteiger partial charge in [0.2, 0.25) is 0 Å². The van der Waals surface area contributed by atoms with E-state index in [0.717, 1.165) is 5.82 Å². The van der Waals surface area contributed by atoms with Crippen LogP contribution in [0, 0.1) is 13.8 Å². The zero-order chi connectivity index (χ0) is 16.6. The fourth-order valence-corrected chi connectivity index (χ4v) is 2.64. The molecule has 1 aliphatic heterocycles. The van der Waals surface area contributed by atoms with Crippen LogP contribution in [0.5, 0.6) is 0 Å². The lowest BCUT2D eigenvalue weighted by Gasteiger charge is -2.31. The molecule has 1 N–H and O–H groups in total. The van der Waals surface area contributed by atoms with E-state index in [2.05, 4.69) is 20.3 Å². The van der Waals surface area contributed by atoms with E-state index in [4.69, 9.17) is 9.26 Å². The maximum absolute atomic E-state index is 12.7. The molecule has 2 aromatic heterocycles. The van der Waals surface area contributed by atoms with Crippen LogP contribution in [0.4, 0.5) is 0 Å². The van der Waals surface area contributed by atoms with E-state index in [-0.39, 0.29) is 17.9 Å². The van der Waals surface area contributed by atoms with E-state index in [9.17, 15) is 4.79 Å². The SMILES string of the molecule is Cc1noc(C)c1C(=O)N1CCO[C@@H](c2nc(C(C)C)n[nH]2)C1. The summed E-state index contributed by atoms with van der Waals surface area (Å²) in [5.74, 6) is 2.10. The van der Waals surface area contributed by atoms with Crippen LogP contribution >= 0.6 is 0 Å². The van der Waals surface area contributed by atoms with Gasteiger partial charge in [0, 0.05) is 12.5 Å². The van der Waals surface area contributed by atoms with Crippen LogP contribution in [0.1, 0.15) is 59.3 Å². The lowest BCUT2D eigenvalue weighted by Crippen LogP contribution is -2.42. The number of H-pyrrole nitrogens is 1. The number of morpholine rings is 1. The molecule has 0 bridgehead atoms. The van der Waals surface area contributed by atoms with Crippen LogP contribution < -0.4 is 0 Å². The van der Waals surface area contributed by atoms with Gasteiger partial charge in [-0.3, -0.25) is 9.89 Å². The Labute approximate surface area is 134 Å². The monoisotopic (exact) mass is 319 g/mol. The molecule has 1 atom stereocenters. The number of ether oxygens (including phenoxy) is 1. The van der Waals surface area contributed by atoms with Crippen molar-refractivity contribution >= 4 is 5.91 Å². The van der Waals surface area contributed by atoms with Gasteiger partial charge in [-0.25, -0.2) is 4.98 Å². The van der Waals surface area contributed by atoms with E-state index < -0.39 is 0 Å². The molecule has 1 saturated heterocycles. The number of aryl methyl sites for hydroxylation is 2. The molecule has 2 aromatic rings. The number of amides is 1. The number of nitrogens with one attached hydrogen (secondary N) is 1. The second-order valence-corrected chi connectivity index (χ2v) is 6.04. The van der Waals surface area contributed by atoms with Crippen molar-refractivity contribution in [3.8, 4) is 0 Å². The topological polar surface area (TPSA) is 97.1 Å². The van der Waals surface area contributed by atoms with Crippen molar-refractivity contribution < 1.29 is 14.1 Å². The van der Waals surface area contributed by atoms with E-state index in [1.54, 1.807) is 18.7 Å². The van der Waals surface area contributed by atoms with Gasteiger partial charge in [0.1, 0.15) is 17.4 Å². The summed E-state index contributed by atoms with van der Waals surface area (Å²) in [5, 5.41) is 11.0. The summed E-state index contributed by atoms with van der Waals surface area (Å²) in [6.45, 7) is 8.99. The van der Waals surface area contributed by atoms with Crippen molar-refractivity contribution in [1.82, 2.24) is 25.2 Å². The number of hydrogen-bond donors (Lipinski definition) is 1. The molecule has 1 fully saturated rings. The van der Waals surface area contributed by atoms with Gasteiger partial charge in [-0.2, -0.15) is 5.10 Å². The predicted molar refractivity (Wildman–Crippen MR) is 81.0 cm³/mol. The van der Waals surface area contributed by atoms with E-state index in [1.165, 1.54) is 0 Å². The Bertz CT molecular complexity index is 686. The van der Waals surface area contributed by atoms with E-state index in [1.807, 2.05) is 13.8 Å². The third kappa shape index (κ3) is 2.98. The molecule has 23 heavy (non-hydrogen) atoms.